The van der Waals surface area contributed by atoms with Crippen molar-refractivity contribution in [3.63, 3.8) is 0 Å². The average molecular weight is 394 g/mol. The van der Waals surface area contributed by atoms with Crippen LogP contribution in [0.2, 0.25) is 0 Å². The van der Waals surface area contributed by atoms with Crippen LogP contribution in [0.5, 0.6) is 0 Å². The third-order valence-electron chi connectivity index (χ3n) is 5.26. The number of hydroxylamine groups is 2. The molecule has 0 saturated carbocycles. The second-order valence-electron chi connectivity index (χ2n) is 8.40. The fourth-order valence-electron chi connectivity index (χ4n) is 3.80. The van der Waals surface area contributed by atoms with Crippen LogP contribution in [0.3, 0.4) is 0 Å². The summed E-state index contributed by atoms with van der Waals surface area (Å²) in [5, 5.41) is 18.9. The smallest absolute Gasteiger partial charge is 0.410 e. The number of aromatic nitrogens is 2. The lowest BCUT2D eigenvalue weighted by Gasteiger charge is -2.34. The fraction of sp³-hybridized carbons (Fsp3) is 0.765. The molecule has 0 spiro atoms. The Labute approximate surface area is 162 Å². The van der Waals surface area contributed by atoms with Gasteiger partial charge in [-0.1, -0.05) is 5.10 Å². The molecule has 3 saturated heterocycles. The van der Waals surface area contributed by atoms with E-state index in [1.165, 1.54) is 0 Å². The third-order valence-corrected chi connectivity index (χ3v) is 5.26. The van der Waals surface area contributed by atoms with E-state index in [1.807, 2.05) is 25.7 Å². The van der Waals surface area contributed by atoms with Crippen molar-refractivity contribution in [3.05, 3.63) is 5.89 Å². The molecule has 0 aliphatic carbocycles. The predicted molar refractivity (Wildman–Crippen MR) is 95.8 cm³/mol. The molecule has 3 fully saturated rings. The molecular weight excluding hydrogens is 368 g/mol. The second kappa shape index (κ2) is 6.80. The molecule has 2 atom stereocenters. The van der Waals surface area contributed by atoms with Crippen molar-refractivity contribution in [1.29, 1.82) is 0 Å². The van der Waals surface area contributed by atoms with Gasteiger partial charge in [0.2, 0.25) is 5.89 Å². The maximum Gasteiger partial charge on any atom is 0.410 e. The summed E-state index contributed by atoms with van der Waals surface area (Å²) in [4.78, 5) is 29.5. The number of urea groups is 1. The van der Waals surface area contributed by atoms with Crippen LogP contribution in [-0.4, -0.2) is 86.8 Å². The maximum absolute atomic E-state index is 12.2. The first kappa shape index (κ1) is 18.8. The summed E-state index contributed by atoms with van der Waals surface area (Å²) in [7, 11) is 0. The molecule has 2 bridgehead atoms. The number of carbonyl (C=O) groups is 2. The molecule has 0 radical (unpaired) electrons. The van der Waals surface area contributed by atoms with Gasteiger partial charge in [-0.05, 0) is 33.6 Å². The Hall–Kier alpha value is -2.56. The highest BCUT2D eigenvalue weighted by atomic mass is 16.6. The number of fused-ring (bicyclic) bond motifs is 2. The van der Waals surface area contributed by atoms with Gasteiger partial charge in [0, 0.05) is 32.7 Å². The summed E-state index contributed by atoms with van der Waals surface area (Å²) in [6, 6.07) is -0.510. The highest BCUT2D eigenvalue weighted by Gasteiger charge is 2.46. The van der Waals surface area contributed by atoms with Gasteiger partial charge in [0.15, 0.2) is 0 Å². The monoisotopic (exact) mass is 394 g/mol. The van der Waals surface area contributed by atoms with Gasteiger partial charge in [-0.15, -0.1) is 5.10 Å². The molecule has 3 aliphatic heterocycles. The number of piperazine rings is 1. The standard InChI is InChI=1S/C17H26N6O5/c1-17(2,3)28-16(25)21-8-6-20(7-9-21)14-19-18-13(27-14)12-5-4-11-10-22(12)15(24)23(11)26/h11-12,26H,4-10H2,1-3H3. The largest absolute Gasteiger partial charge is 0.444 e. The van der Waals surface area contributed by atoms with E-state index in [9.17, 15) is 14.8 Å². The van der Waals surface area contributed by atoms with Gasteiger partial charge in [0.05, 0.1) is 6.04 Å². The quantitative estimate of drug-likeness (QED) is 0.750. The molecule has 11 nitrogen and oxygen atoms in total. The third kappa shape index (κ3) is 3.46. The van der Waals surface area contributed by atoms with Crippen molar-refractivity contribution >= 4 is 18.1 Å². The van der Waals surface area contributed by atoms with Crippen LogP contribution in [0.4, 0.5) is 15.6 Å². The van der Waals surface area contributed by atoms with E-state index in [1.54, 1.807) is 9.80 Å². The molecule has 2 unspecified atom stereocenters. The lowest BCUT2D eigenvalue weighted by Crippen LogP contribution is -2.50. The van der Waals surface area contributed by atoms with Crippen molar-refractivity contribution < 1.29 is 24.0 Å². The molecule has 4 heterocycles. The van der Waals surface area contributed by atoms with Crippen molar-refractivity contribution in [1.82, 2.24) is 25.1 Å². The molecular formula is C17H26N6O5. The SMILES string of the molecule is CC(C)(C)OC(=O)N1CCN(c2nnc(C3CCC4CN3C(=O)N4O)o2)CC1. The number of piperidine rings is 1. The van der Waals surface area contributed by atoms with Gasteiger partial charge in [-0.2, -0.15) is 0 Å². The number of hydrogen-bond acceptors (Lipinski definition) is 8. The topological polar surface area (TPSA) is 115 Å². The van der Waals surface area contributed by atoms with E-state index in [0.29, 0.717) is 57.5 Å². The molecule has 1 aromatic rings. The Morgan fingerprint density at radius 1 is 1.18 bits per heavy atom. The number of carbonyl (C=O) groups excluding carboxylic acids is 2. The van der Waals surface area contributed by atoms with Gasteiger partial charge >= 0.3 is 18.1 Å². The van der Waals surface area contributed by atoms with Crippen molar-refractivity contribution in [3.8, 4) is 0 Å². The molecule has 3 aliphatic rings. The minimum absolute atomic E-state index is 0.160. The van der Waals surface area contributed by atoms with E-state index in [2.05, 4.69) is 10.2 Å². The highest BCUT2D eigenvalue weighted by Crippen LogP contribution is 2.37. The molecule has 3 amide bonds. The number of hydrogen-bond donors (Lipinski definition) is 1. The molecule has 11 heteroatoms. The zero-order valence-corrected chi connectivity index (χ0v) is 16.4. The van der Waals surface area contributed by atoms with Crippen LogP contribution < -0.4 is 4.90 Å². The lowest BCUT2D eigenvalue weighted by atomic mass is 10.0. The van der Waals surface area contributed by atoms with Gasteiger partial charge in [0.1, 0.15) is 11.6 Å². The predicted octanol–water partition coefficient (Wildman–Crippen LogP) is 1.46. The Bertz CT molecular complexity index is 753. The summed E-state index contributed by atoms with van der Waals surface area (Å²) in [6.45, 7) is 8.11. The minimum atomic E-state index is -0.522. The first-order valence-corrected chi connectivity index (χ1v) is 9.58. The van der Waals surface area contributed by atoms with Crippen LogP contribution in [0.15, 0.2) is 4.42 Å². The summed E-state index contributed by atoms with van der Waals surface area (Å²) in [5.74, 6) is 0.381. The number of anilines is 1. The zero-order valence-electron chi connectivity index (χ0n) is 16.4. The number of nitrogens with zero attached hydrogens (tertiary/aromatic N) is 6. The van der Waals surface area contributed by atoms with Crippen molar-refractivity contribution in [2.45, 2.75) is 51.3 Å². The normalized spacial score (nSPS) is 25.5. The fourth-order valence-corrected chi connectivity index (χ4v) is 3.80. The van der Waals surface area contributed by atoms with E-state index in [-0.39, 0.29) is 18.2 Å². The van der Waals surface area contributed by atoms with Crippen LogP contribution in [0.1, 0.15) is 45.5 Å². The highest BCUT2D eigenvalue weighted by molar-refractivity contribution is 5.76. The molecule has 1 N–H and O–H groups in total. The Balaban J connectivity index is 1.37. The maximum atomic E-state index is 12.2. The minimum Gasteiger partial charge on any atom is -0.444 e. The molecule has 4 rings (SSSR count). The van der Waals surface area contributed by atoms with Crippen LogP contribution in [0.25, 0.3) is 0 Å². The van der Waals surface area contributed by atoms with E-state index < -0.39 is 11.6 Å². The van der Waals surface area contributed by atoms with Crippen LogP contribution >= 0.6 is 0 Å². The van der Waals surface area contributed by atoms with Gasteiger partial charge in [0.25, 0.3) is 0 Å². The van der Waals surface area contributed by atoms with E-state index in [4.69, 9.17) is 9.15 Å². The molecule has 0 aromatic carbocycles. The van der Waals surface area contributed by atoms with Gasteiger partial charge in [-0.25, -0.2) is 14.7 Å². The van der Waals surface area contributed by atoms with Gasteiger partial charge < -0.3 is 23.9 Å². The Morgan fingerprint density at radius 3 is 2.57 bits per heavy atom. The van der Waals surface area contributed by atoms with E-state index in [0.717, 1.165) is 5.06 Å². The molecule has 1 aromatic heterocycles. The van der Waals surface area contributed by atoms with E-state index >= 15 is 0 Å². The molecule has 154 valence electrons. The second-order valence-corrected chi connectivity index (χ2v) is 8.40. The number of amides is 3. The average Bonchev–Trinajstić information content (AvgIpc) is 3.22. The summed E-state index contributed by atoms with van der Waals surface area (Å²) >= 11 is 0. The van der Waals surface area contributed by atoms with Crippen molar-refractivity contribution in [2.75, 3.05) is 37.6 Å². The number of rotatable bonds is 2. The number of ether oxygens (including phenoxy) is 1. The van der Waals surface area contributed by atoms with Crippen molar-refractivity contribution in [2.24, 2.45) is 0 Å². The molecule has 28 heavy (non-hydrogen) atoms. The summed E-state index contributed by atoms with van der Waals surface area (Å²) < 4.78 is 11.3. The Morgan fingerprint density at radius 2 is 1.89 bits per heavy atom. The zero-order chi connectivity index (χ0) is 20.1. The summed E-state index contributed by atoms with van der Waals surface area (Å²) in [6.07, 6.45) is 1.04. The first-order valence-electron chi connectivity index (χ1n) is 9.58. The Kier molecular flexibility index (Phi) is 4.56. The van der Waals surface area contributed by atoms with Crippen LogP contribution in [-0.2, 0) is 4.74 Å². The summed E-state index contributed by atoms with van der Waals surface area (Å²) in [5.41, 5.74) is -0.522. The van der Waals surface area contributed by atoms with Gasteiger partial charge in [-0.3, -0.25) is 5.21 Å². The lowest BCUT2D eigenvalue weighted by molar-refractivity contribution is -0.0584. The first-order chi connectivity index (χ1) is 13.2. The van der Waals surface area contributed by atoms with Crippen LogP contribution in [0, 0.1) is 0 Å².